The number of aromatic nitrogens is 2. The van der Waals surface area contributed by atoms with Crippen molar-refractivity contribution in [2.45, 2.75) is 6.54 Å². The first-order valence-corrected chi connectivity index (χ1v) is 5.15. The number of rotatable bonds is 3. The molecule has 1 heterocycles. The maximum absolute atomic E-state index is 12.9. The molecule has 6 heteroatoms. The number of carbonyl (C=O) groups excluding carboxylic acids is 1. The Bertz CT molecular complexity index is 561. The van der Waals surface area contributed by atoms with Crippen LogP contribution >= 0.6 is 0 Å². The van der Waals surface area contributed by atoms with E-state index in [1.165, 1.54) is 24.7 Å². The smallest absolute Gasteiger partial charge is 0.251 e. The molecule has 1 amide bonds. The van der Waals surface area contributed by atoms with Crippen molar-refractivity contribution in [3.05, 3.63) is 59.7 Å². The number of nitrogens with zero attached hydrogens (tertiary/aromatic N) is 2. The van der Waals surface area contributed by atoms with Gasteiger partial charge in [-0.05, 0) is 18.2 Å². The van der Waals surface area contributed by atoms with E-state index in [0.717, 1.165) is 12.1 Å². The molecule has 0 radical (unpaired) electrons. The van der Waals surface area contributed by atoms with Gasteiger partial charge in [-0.25, -0.2) is 8.78 Å². The molecule has 0 aliphatic heterocycles. The minimum atomic E-state index is -1.05. The van der Waals surface area contributed by atoms with Crippen LogP contribution in [-0.4, -0.2) is 15.9 Å². The number of carbonyl (C=O) groups is 1. The average molecular weight is 249 g/mol. The third kappa shape index (κ3) is 2.85. The van der Waals surface area contributed by atoms with Crippen molar-refractivity contribution in [2.24, 2.45) is 0 Å². The Labute approximate surface area is 102 Å². The average Bonchev–Trinajstić information content (AvgIpc) is 2.40. The number of hydrogen-bond donors (Lipinski definition) is 1. The molecule has 4 nitrogen and oxygen atoms in total. The number of nitrogens with one attached hydrogen (secondary N) is 1. The lowest BCUT2D eigenvalue weighted by Gasteiger charge is -2.04. The first kappa shape index (κ1) is 12.1. The van der Waals surface area contributed by atoms with Crippen LogP contribution in [-0.2, 0) is 6.54 Å². The molecule has 1 aromatic heterocycles. The minimum absolute atomic E-state index is 0.0535. The monoisotopic (exact) mass is 249 g/mol. The predicted molar refractivity (Wildman–Crippen MR) is 59.6 cm³/mol. The van der Waals surface area contributed by atoms with Crippen molar-refractivity contribution in [1.82, 2.24) is 15.3 Å². The van der Waals surface area contributed by atoms with Crippen LogP contribution in [0, 0.1) is 11.6 Å². The normalized spacial score (nSPS) is 10.1. The van der Waals surface area contributed by atoms with Gasteiger partial charge in [0.15, 0.2) is 11.6 Å². The Hall–Kier alpha value is -2.37. The van der Waals surface area contributed by atoms with Crippen LogP contribution in [0.15, 0.2) is 36.8 Å². The maximum atomic E-state index is 12.9. The Morgan fingerprint density at radius 1 is 1.22 bits per heavy atom. The van der Waals surface area contributed by atoms with Crippen LogP contribution in [0.2, 0.25) is 0 Å². The molecule has 0 saturated carbocycles. The standard InChI is InChI=1S/C12H9F2N3O/c13-10-2-1-8(5-11(10)14)12(18)17-7-9-6-15-3-4-16-9/h1-6H,7H2,(H,17,18). The Morgan fingerprint density at radius 2 is 2.06 bits per heavy atom. The fourth-order valence-corrected chi connectivity index (χ4v) is 1.33. The van der Waals surface area contributed by atoms with E-state index in [0.29, 0.717) is 5.69 Å². The van der Waals surface area contributed by atoms with Crippen molar-refractivity contribution in [3.8, 4) is 0 Å². The van der Waals surface area contributed by atoms with Crippen LogP contribution in [0.25, 0.3) is 0 Å². The Kier molecular flexibility index (Phi) is 3.57. The summed E-state index contributed by atoms with van der Waals surface area (Å²) in [6.07, 6.45) is 4.52. The summed E-state index contributed by atoms with van der Waals surface area (Å²) < 4.78 is 25.6. The lowest BCUT2D eigenvalue weighted by atomic mass is 10.2. The first-order chi connectivity index (χ1) is 8.66. The number of hydrogen-bond acceptors (Lipinski definition) is 3. The molecule has 0 spiro atoms. The van der Waals surface area contributed by atoms with Gasteiger partial charge in [0, 0.05) is 18.0 Å². The van der Waals surface area contributed by atoms with Gasteiger partial charge < -0.3 is 5.32 Å². The summed E-state index contributed by atoms with van der Waals surface area (Å²) in [4.78, 5) is 19.4. The second kappa shape index (κ2) is 5.31. The molecular formula is C12H9F2N3O. The summed E-state index contributed by atoms with van der Waals surface area (Å²) >= 11 is 0. The van der Waals surface area contributed by atoms with E-state index in [-0.39, 0.29) is 12.1 Å². The molecule has 0 saturated heterocycles. The highest BCUT2D eigenvalue weighted by molar-refractivity contribution is 5.94. The van der Waals surface area contributed by atoms with Crippen molar-refractivity contribution in [1.29, 1.82) is 0 Å². The molecule has 18 heavy (non-hydrogen) atoms. The summed E-state index contributed by atoms with van der Waals surface area (Å²) in [5.74, 6) is -2.54. The van der Waals surface area contributed by atoms with E-state index < -0.39 is 17.5 Å². The van der Waals surface area contributed by atoms with Gasteiger partial charge in [0.25, 0.3) is 5.91 Å². The molecular weight excluding hydrogens is 240 g/mol. The van der Waals surface area contributed by atoms with Crippen LogP contribution in [0.3, 0.4) is 0 Å². The Morgan fingerprint density at radius 3 is 2.72 bits per heavy atom. The first-order valence-electron chi connectivity index (χ1n) is 5.15. The molecule has 2 rings (SSSR count). The zero-order chi connectivity index (χ0) is 13.0. The van der Waals surface area contributed by atoms with Gasteiger partial charge in [0.05, 0.1) is 18.4 Å². The van der Waals surface area contributed by atoms with E-state index in [1.807, 2.05) is 0 Å². The van der Waals surface area contributed by atoms with E-state index in [9.17, 15) is 13.6 Å². The van der Waals surface area contributed by atoms with Gasteiger partial charge in [0.2, 0.25) is 0 Å². The zero-order valence-electron chi connectivity index (χ0n) is 9.23. The topological polar surface area (TPSA) is 54.9 Å². The summed E-state index contributed by atoms with van der Waals surface area (Å²) in [7, 11) is 0. The van der Waals surface area contributed by atoms with E-state index in [4.69, 9.17) is 0 Å². The summed E-state index contributed by atoms with van der Waals surface area (Å²) in [5, 5.41) is 2.53. The third-order valence-corrected chi connectivity index (χ3v) is 2.23. The van der Waals surface area contributed by atoms with Gasteiger partial charge >= 0.3 is 0 Å². The second-order valence-electron chi connectivity index (χ2n) is 3.51. The second-order valence-corrected chi connectivity index (χ2v) is 3.51. The summed E-state index contributed by atoms with van der Waals surface area (Å²) in [6.45, 7) is 0.172. The summed E-state index contributed by atoms with van der Waals surface area (Å²) in [6, 6.07) is 2.97. The maximum Gasteiger partial charge on any atom is 0.251 e. The molecule has 0 aliphatic rings. The Balaban J connectivity index is 2.02. The van der Waals surface area contributed by atoms with Crippen molar-refractivity contribution in [3.63, 3.8) is 0 Å². The molecule has 0 atom stereocenters. The van der Waals surface area contributed by atoms with Crippen LogP contribution < -0.4 is 5.32 Å². The van der Waals surface area contributed by atoms with Gasteiger partial charge in [-0.3, -0.25) is 14.8 Å². The number of benzene rings is 1. The van der Waals surface area contributed by atoms with E-state index in [1.54, 1.807) is 0 Å². The van der Waals surface area contributed by atoms with Crippen LogP contribution in [0.1, 0.15) is 16.1 Å². The van der Waals surface area contributed by atoms with Crippen LogP contribution in [0.4, 0.5) is 8.78 Å². The predicted octanol–water partition coefficient (Wildman–Crippen LogP) is 1.68. The van der Waals surface area contributed by atoms with Gasteiger partial charge in [-0.2, -0.15) is 0 Å². The SMILES string of the molecule is O=C(NCc1cnccn1)c1ccc(F)c(F)c1. The molecule has 1 N–H and O–H groups in total. The van der Waals surface area contributed by atoms with Gasteiger partial charge in [-0.15, -0.1) is 0 Å². The summed E-state index contributed by atoms with van der Waals surface area (Å²) in [5.41, 5.74) is 0.631. The number of amides is 1. The van der Waals surface area contributed by atoms with Crippen molar-refractivity contribution in [2.75, 3.05) is 0 Å². The zero-order valence-corrected chi connectivity index (χ0v) is 9.23. The van der Waals surface area contributed by atoms with Crippen molar-refractivity contribution < 1.29 is 13.6 Å². The molecule has 2 aromatic rings. The minimum Gasteiger partial charge on any atom is -0.346 e. The van der Waals surface area contributed by atoms with Gasteiger partial charge in [-0.1, -0.05) is 0 Å². The highest BCUT2D eigenvalue weighted by Gasteiger charge is 2.09. The molecule has 1 aromatic carbocycles. The fraction of sp³-hybridized carbons (Fsp3) is 0.0833. The largest absolute Gasteiger partial charge is 0.346 e. The highest BCUT2D eigenvalue weighted by Crippen LogP contribution is 2.08. The van der Waals surface area contributed by atoms with E-state index >= 15 is 0 Å². The van der Waals surface area contributed by atoms with Crippen molar-refractivity contribution >= 4 is 5.91 Å². The molecule has 0 unspecified atom stereocenters. The lowest BCUT2D eigenvalue weighted by molar-refractivity contribution is 0.0950. The molecule has 92 valence electrons. The fourth-order valence-electron chi connectivity index (χ4n) is 1.33. The molecule has 0 bridgehead atoms. The molecule has 0 aliphatic carbocycles. The lowest BCUT2D eigenvalue weighted by Crippen LogP contribution is -2.23. The van der Waals surface area contributed by atoms with Gasteiger partial charge in [0.1, 0.15) is 0 Å². The third-order valence-electron chi connectivity index (χ3n) is 2.23. The number of halogens is 2. The van der Waals surface area contributed by atoms with Crippen LogP contribution in [0.5, 0.6) is 0 Å². The quantitative estimate of drug-likeness (QED) is 0.900. The van der Waals surface area contributed by atoms with E-state index in [2.05, 4.69) is 15.3 Å². The highest BCUT2D eigenvalue weighted by atomic mass is 19.2. The molecule has 0 fully saturated rings.